The van der Waals surface area contributed by atoms with Gasteiger partial charge >= 0.3 is 6.09 Å². The van der Waals surface area contributed by atoms with Crippen LogP contribution in [0.25, 0.3) is 0 Å². The van der Waals surface area contributed by atoms with Gasteiger partial charge in [-0.15, -0.1) is 0 Å². The fourth-order valence-electron chi connectivity index (χ4n) is 0.566. The van der Waals surface area contributed by atoms with Gasteiger partial charge in [0.05, 0.1) is 6.61 Å². The number of alkyl carbamates (subject to hydrolysis) is 1. The molecule has 14 heavy (non-hydrogen) atoms. The number of hydrogen-bond donors (Lipinski definition) is 1. The van der Waals surface area contributed by atoms with Gasteiger partial charge in [0, 0.05) is 6.04 Å². The molecule has 0 rings (SSSR count). The molecule has 0 heterocycles. The molecule has 0 bridgehead atoms. The third-order valence-corrected chi connectivity index (χ3v) is 1.91. The summed E-state index contributed by atoms with van der Waals surface area (Å²) in [7, 11) is 0. The molecule has 0 spiro atoms. The number of carbonyl (C=O) groups excluding carboxylic acids is 1. The number of amides is 1. The molecule has 0 aromatic rings. The highest BCUT2D eigenvalue weighted by molar-refractivity contribution is 5.67. The van der Waals surface area contributed by atoms with Crippen LogP contribution in [0.5, 0.6) is 0 Å². The van der Waals surface area contributed by atoms with Crippen LogP contribution in [-0.2, 0) is 4.74 Å². The Morgan fingerprint density at radius 1 is 1.36 bits per heavy atom. The average Bonchev–Trinajstić information content (AvgIpc) is 2.06. The van der Waals surface area contributed by atoms with E-state index in [1.165, 1.54) is 0 Å². The maximum Gasteiger partial charge on any atom is 0.407 e. The van der Waals surface area contributed by atoms with E-state index in [1.807, 2.05) is 20.8 Å². The largest absolute Gasteiger partial charge is 0.450 e. The zero-order valence-corrected chi connectivity index (χ0v) is 10.6. The van der Waals surface area contributed by atoms with E-state index in [0.29, 0.717) is 6.61 Å². The second-order valence-corrected chi connectivity index (χ2v) is 3.95. The fourth-order valence-corrected chi connectivity index (χ4v) is 0.566. The summed E-state index contributed by atoms with van der Waals surface area (Å²) in [4.78, 5) is 11.0. The number of rotatable bonds is 2. The predicted octanol–water partition coefficient (Wildman–Crippen LogP) is 3.19. The minimum Gasteiger partial charge on any atom is -0.450 e. The summed E-state index contributed by atoms with van der Waals surface area (Å²) >= 11 is 0. The topological polar surface area (TPSA) is 38.3 Å². The predicted molar refractivity (Wildman–Crippen MR) is 60.4 cm³/mol. The second-order valence-electron chi connectivity index (χ2n) is 3.95. The van der Waals surface area contributed by atoms with E-state index in [-0.39, 0.29) is 17.6 Å². The first kappa shape index (κ1) is 15.7. The van der Waals surface area contributed by atoms with E-state index in [0.717, 1.165) is 0 Å². The van der Waals surface area contributed by atoms with Gasteiger partial charge in [0.1, 0.15) is 0 Å². The highest BCUT2D eigenvalue weighted by Gasteiger charge is 2.21. The molecule has 0 aliphatic heterocycles. The molecule has 0 aliphatic carbocycles. The van der Waals surface area contributed by atoms with Crippen molar-refractivity contribution in [2.45, 2.75) is 54.5 Å². The van der Waals surface area contributed by atoms with Gasteiger partial charge in [-0.1, -0.05) is 34.6 Å². The lowest BCUT2D eigenvalue weighted by Gasteiger charge is -2.27. The lowest BCUT2D eigenvalue weighted by atomic mass is 9.88. The maximum atomic E-state index is 11.0. The molecule has 0 fully saturated rings. The first-order valence-corrected chi connectivity index (χ1v) is 5.31. The molecular formula is C11H25NO2. The van der Waals surface area contributed by atoms with Crippen molar-refractivity contribution in [2.75, 3.05) is 6.61 Å². The van der Waals surface area contributed by atoms with Gasteiger partial charge in [0.2, 0.25) is 0 Å². The first-order chi connectivity index (χ1) is 6.38. The smallest absolute Gasteiger partial charge is 0.407 e. The molecular weight excluding hydrogens is 178 g/mol. The van der Waals surface area contributed by atoms with E-state index in [4.69, 9.17) is 4.74 Å². The van der Waals surface area contributed by atoms with Crippen LogP contribution in [0, 0.1) is 5.41 Å². The second kappa shape index (κ2) is 7.65. The molecule has 86 valence electrons. The van der Waals surface area contributed by atoms with E-state index >= 15 is 0 Å². The Labute approximate surface area is 88.2 Å². The minimum absolute atomic E-state index is 0.0762. The Balaban J connectivity index is 0. The normalized spacial score (nSPS) is 12.2. The van der Waals surface area contributed by atoms with E-state index in [2.05, 4.69) is 26.1 Å². The van der Waals surface area contributed by atoms with Crippen LogP contribution in [0.1, 0.15) is 48.5 Å². The summed E-state index contributed by atoms with van der Waals surface area (Å²) in [6.45, 7) is 14.4. The summed E-state index contributed by atoms with van der Waals surface area (Å²) in [6.07, 6.45) is -0.333. The van der Waals surface area contributed by atoms with Gasteiger partial charge in [0.15, 0.2) is 0 Å². The minimum atomic E-state index is -0.333. The van der Waals surface area contributed by atoms with E-state index < -0.39 is 0 Å². The molecule has 0 saturated carbocycles. The molecule has 0 aromatic heterocycles. The van der Waals surface area contributed by atoms with Gasteiger partial charge in [-0.2, -0.15) is 0 Å². The molecule has 1 unspecified atom stereocenters. The highest BCUT2D eigenvalue weighted by Crippen LogP contribution is 2.18. The molecule has 1 atom stereocenters. The van der Waals surface area contributed by atoms with Gasteiger partial charge in [-0.05, 0) is 19.3 Å². The van der Waals surface area contributed by atoms with Crippen LogP contribution in [0.2, 0.25) is 0 Å². The number of hydrogen-bond acceptors (Lipinski definition) is 2. The van der Waals surface area contributed by atoms with E-state index in [9.17, 15) is 4.79 Å². The van der Waals surface area contributed by atoms with Gasteiger partial charge in [-0.25, -0.2) is 4.79 Å². The standard InChI is InChI=1S/C9H19NO2.C2H6/c1-6-12-8(11)10-7(2)9(3,4)5;1-2/h7H,6H2,1-5H3,(H,10,11);1-2H3. The number of nitrogens with one attached hydrogen (secondary N) is 1. The van der Waals surface area contributed by atoms with Crippen LogP contribution >= 0.6 is 0 Å². The third-order valence-electron chi connectivity index (χ3n) is 1.91. The maximum absolute atomic E-state index is 11.0. The summed E-state index contributed by atoms with van der Waals surface area (Å²) < 4.78 is 4.76. The van der Waals surface area contributed by atoms with Crippen molar-refractivity contribution in [3.8, 4) is 0 Å². The van der Waals surface area contributed by atoms with Crippen molar-refractivity contribution in [1.29, 1.82) is 0 Å². The molecule has 1 amide bonds. The SMILES string of the molecule is CC.CCOC(=O)NC(C)C(C)(C)C. The molecule has 0 aliphatic rings. The van der Waals surface area contributed by atoms with Gasteiger partial charge in [-0.3, -0.25) is 0 Å². The third kappa shape index (κ3) is 7.90. The van der Waals surface area contributed by atoms with Crippen molar-refractivity contribution >= 4 is 6.09 Å². The average molecular weight is 203 g/mol. The molecule has 1 N–H and O–H groups in total. The van der Waals surface area contributed by atoms with Crippen molar-refractivity contribution in [3.05, 3.63) is 0 Å². The quantitative estimate of drug-likeness (QED) is 0.748. The summed E-state index contributed by atoms with van der Waals surface area (Å²) in [6, 6.07) is 0.122. The summed E-state index contributed by atoms with van der Waals surface area (Å²) in [5.41, 5.74) is 0.0762. The molecule has 0 aromatic carbocycles. The van der Waals surface area contributed by atoms with Crippen LogP contribution in [0.15, 0.2) is 0 Å². The van der Waals surface area contributed by atoms with Crippen LogP contribution in [-0.4, -0.2) is 18.7 Å². The molecule has 0 saturated heterocycles. The molecule has 3 heteroatoms. The van der Waals surface area contributed by atoms with Crippen LogP contribution < -0.4 is 5.32 Å². The van der Waals surface area contributed by atoms with Crippen molar-refractivity contribution in [2.24, 2.45) is 5.41 Å². The van der Waals surface area contributed by atoms with Gasteiger partial charge < -0.3 is 10.1 Å². The lowest BCUT2D eigenvalue weighted by Crippen LogP contribution is -2.41. The fraction of sp³-hybridized carbons (Fsp3) is 0.909. The Kier molecular flexibility index (Phi) is 8.60. The number of ether oxygens (including phenoxy) is 1. The highest BCUT2D eigenvalue weighted by atomic mass is 16.5. The summed E-state index contributed by atoms with van der Waals surface area (Å²) in [5.74, 6) is 0. The molecule has 3 nitrogen and oxygen atoms in total. The van der Waals surface area contributed by atoms with Gasteiger partial charge in [0.25, 0.3) is 0 Å². The van der Waals surface area contributed by atoms with Crippen LogP contribution in [0.4, 0.5) is 4.79 Å². The molecule has 0 radical (unpaired) electrons. The Hall–Kier alpha value is -0.730. The Morgan fingerprint density at radius 2 is 1.79 bits per heavy atom. The van der Waals surface area contributed by atoms with Crippen molar-refractivity contribution in [1.82, 2.24) is 5.32 Å². The first-order valence-electron chi connectivity index (χ1n) is 5.31. The number of carbonyl (C=O) groups is 1. The monoisotopic (exact) mass is 203 g/mol. The van der Waals surface area contributed by atoms with Crippen LogP contribution in [0.3, 0.4) is 0 Å². The van der Waals surface area contributed by atoms with Crippen molar-refractivity contribution < 1.29 is 9.53 Å². The zero-order valence-electron chi connectivity index (χ0n) is 10.6. The summed E-state index contributed by atoms with van der Waals surface area (Å²) in [5, 5.41) is 2.76. The van der Waals surface area contributed by atoms with Crippen molar-refractivity contribution in [3.63, 3.8) is 0 Å². The lowest BCUT2D eigenvalue weighted by molar-refractivity contribution is 0.139. The Morgan fingerprint density at radius 3 is 2.07 bits per heavy atom. The Bertz CT molecular complexity index is 150. The van der Waals surface area contributed by atoms with E-state index in [1.54, 1.807) is 6.92 Å². The zero-order chi connectivity index (χ0) is 11.8.